The standard InChI is InChI=1S/C23H43N5O2.HI/c1-27(2)21(29)17-24-22(26-20-9-5-3-6-10-20)25-18-23(11-7-4-8-12-23)19-28-13-15-30-16-14-28;/h20H,3-19H2,1-2H3,(H2,24,25,26);1H. The summed E-state index contributed by atoms with van der Waals surface area (Å²) < 4.78 is 5.56. The van der Waals surface area contributed by atoms with Crippen LogP contribution in [0.1, 0.15) is 64.2 Å². The summed E-state index contributed by atoms with van der Waals surface area (Å²) in [4.78, 5) is 21.0. The highest BCUT2D eigenvalue weighted by molar-refractivity contribution is 14.0. The molecule has 0 radical (unpaired) electrons. The number of nitrogens with zero attached hydrogens (tertiary/aromatic N) is 3. The summed E-state index contributed by atoms with van der Waals surface area (Å²) in [6, 6.07) is 0.473. The van der Waals surface area contributed by atoms with Crippen molar-refractivity contribution in [2.45, 2.75) is 70.3 Å². The number of hydrogen-bond acceptors (Lipinski definition) is 4. The van der Waals surface area contributed by atoms with Gasteiger partial charge in [-0.25, -0.2) is 4.99 Å². The second kappa shape index (κ2) is 13.8. The average molecular weight is 550 g/mol. The number of aliphatic imine (C=N–C) groups is 1. The topological polar surface area (TPSA) is 69.2 Å². The van der Waals surface area contributed by atoms with Crippen LogP contribution in [0.4, 0.5) is 0 Å². The lowest BCUT2D eigenvalue weighted by Crippen LogP contribution is -2.52. The molecule has 0 atom stereocenters. The predicted octanol–water partition coefficient (Wildman–Crippen LogP) is 2.84. The number of likely N-dealkylation sites (N-methyl/N-ethyl adjacent to an activating group) is 1. The van der Waals surface area contributed by atoms with Crippen molar-refractivity contribution in [2.24, 2.45) is 10.4 Å². The zero-order chi connectivity index (χ0) is 21.2. The normalized spacial score (nSPS) is 23.0. The molecule has 0 aromatic rings. The molecule has 7 nitrogen and oxygen atoms in total. The third-order valence-electron chi connectivity index (χ3n) is 7.03. The molecule has 0 bridgehead atoms. The minimum atomic E-state index is 0. The van der Waals surface area contributed by atoms with Gasteiger partial charge in [-0.3, -0.25) is 9.69 Å². The third kappa shape index (κ3) is 9.04. The van der Waals surface area contributed by atoms with Gasteiger partial charge < -0.3 is 20.3 Å². The molecule has 3 aliphatic rings. The molecule has 1 saturated heterocycles. The van der Waals surface area contributed by atoms with E-state index in [2.05, 4.69) is 20.5 Å². The van der Waals surface area contributed by atoms with Crippen molar-refractivity contribution in [3.05, 3.63) is 0 Å². The van der Waals surface area contributed by atoms with E-state index >= 15 is 0 Å². The maximum Gasteiger partial charge on any atom is 0.243 e. The fourth-order valence-corrected chi connectivity index (χ4v) is 5.08. The first-order valence-electron chi connectivity index (χ1n) is 12.1. The molecule has 1 aliphatic heterocycles. The van der Waals surface area contributed by atoms with Gasteiger partial charge in [0.05, 0.1) is 13.2 Å². The Labute approximate surface area is 206 Å². The number of nitrogens with one attached hydrogen (secondary N) is 2. The number of carbonyl (C=O) groups excluding carboxylic acids is 1. The van der Waals surface area contributed by atoms with Crippen molar-refractivity contribution in [3.63, 3.8) is 0 Å². The van der Waals surface area contributed by atoms with E-state index in [1.54, 1.807) is 19.0 Å². The van der Waals surface area contributed by atoms with Crippen LogP contribution in [-0.2, 0) is 9.53 Å². The Morgan fingerprint density at radius 1 is 1.06 bits per heavy atom. The van der Waals surface area contributed by atoms with Gasteiger partial charge in [0.15, 0.2) is 5.96 Å². The minimum absolute atomic E-state index is 0. The number of hydrogen-bond donors (Lipinski definition) is 2. The van der Waals surface area contributed by atoms with Gasteiger partial charge in [0.25, 0.3) is 0 Å². The SMILES string of the molecule is CN(C)C(=O)CN=C(NCC1(CN2CCOCC2)CCCCC1)NC1CCCCC1.I. The Bertz CT molecular complexity index is 554. The van der Waals surface area contributed by atoms with E-state index in [-0.39, 0.29) is 41.8 Å². The number of carbonyl (C=O) groups is 1. The lowest BCUT2D eigenvalue weighted by Gasteiger charge is -2.42. The summed E-state index contributed by atoms with van der Waals surface area (Å²) in [5.74, 6) is 0.865. The molecule has 0 spiro atoms. The average Bonchev–Trinajstić information content (AvgIpc) is 2.77. The first kappa shape index (κ1) is 26.6. The van der Waals surface area contributed by atoms with Gasteiger partial charge in [0.2, 0.25) is 5.91 Å². The van der Waals surface area contributed by atoms with Gasteiger partial charge >= 0.3 is 0 Å². The summed E-state index contributed by atoms with van der Waals surface area (Å²) in [6.45, 7) is 6.06. The Kier molecular flexibility index (Phi) is 11.9. The van der Waals surface area contributed by atoms with Crippen LogP contribution in [0.2, 0.25) is 0 Å². The molecule has 1 amide bonds. The molecule has 2 saturated carbocycles. The van der Waals surface area contributed by atoms with Gasteiger partial charge in [0, 0.05) is 51.7 Å². The highest BCUT2D eigenvalue weighted by atomic mass is 127. The Balaban J connectivity index is 0.00000341. The minimum Gasteiger partial charge on any atom is -0.379 e. The molecule has 0 aromatic carbocycles. The molecule has 0 aromatic heterocycles. The lowest BCUT2D eigenvalue weighted by atomic mass is 9.73. The summed E-state index contributed by atoms with van der Waals surface area (Å²) in [6.07, 6.45) is 12.8. The Hall–Kier alpha value is -0.610. The van der Waals surface area contributed by atoms with Crippen LogP contribution >= 0.6 is 24.0 Å². The highest BCUT2D eigenvalue weighted by Crippen LogP contribution is 2.36. The van der Waals surface area contributed by atoms with Gasteiger partial charge in [-0.05, 0) is 25.7 Å². The highest BCUT2D eigenvalue weighted by Gasteiger charge is 2.34. The fourth-order valence-electron chi connectivity index (χ4n) is 5.08. The van der Waals surface area contributed by atoms with Crippen molar-refractivity contribution >= 4 is 35.8 Å². The number of ether oxygens (including phenoxy) is 1. The molecule has 3 rings (SSSR count). The molecular weight excluding hydrogens is 505 g/mol. The number of rotatable bonds is 7. The number of guanidine groups is 1. The summed E-state index contributed by atoms with van der Waals surface area (Å²) in [7, 11) is 3.58. The van der Waals surface area contributed by atoms with Gasteiger partial charge in [-0.1, -0.05) is 38.5 Å². The fraction of sp³-hybridized carbons (Fsp3) is 0.913. The van der Waals surface area contributed by atoms with E-state index in [1.165, 1.54) is 64.2 Å². The molecule has 1 heterocycles. The van der Waals surface area contributed by atoms with E-state index < -0.39 is 0 Å². The monoisotopic (exact) mass is 549 g/mol. The predicted molar refractivity (Wildman–Crippen MR) is 137 cm³/mol. The quantitative estimate of drug-likeness (QED) is 0.291. The van der Waals surface area contributed by atoms with Crippen molar-refractivity contribution in [1.82, 2.24) is 20.4 Å². The van der Waals surface area contributed by atoms with Gasteiger partial charge in [-0.15, -0.1) is 24.0 Å². The summed E-state index contributed by atoms with van der Waals surface area (Å²) in [5.41, 5.74) is 0.288. The molecule has 180 valence electrons. The van der Waals surface area contributed by atoms with E-state index in [0.29, 0.717) is 6.04 Å². The first-order chi connectivity index (χ1) is 14.6. The maximum absolute atomic E-state index is 12.1. The maximum atomic E-state index is 12.1. The third-order valence-corrected chi connectivity index (χ3v) is 7.03. The summed E-state index contributed by atoms with van der Waals surface area (Å²) >= 11 is 0. The Morgan fingerprint density at radius 2 is 1.71 bits per heavy atom. The van der Waals surface area contributed by atoms with Crippen LogP contribution in [0.25, 0.3) is 0 Å². The van der Waals surface area contributed by atoms with Crippen molar-refractivity contribution in [2.75, 3.05) is 60.0 Å². The van der Waals surface area contributed by atoms with Crippen LogP contribution in [-0.4, -0.2) is 87.7 Å². The lowest BCUT2D eigenvalue weighted by molar-refractivity contribution is -0.127. The largest absolute Gasteiger partial charge is 0.379 e. The van der Waals surface area contributed by atoms with Crippen LogP contribution in [0.3, 0.4) is 0 Å². The van der Waals surface area contributed by atoms with E-state index in [4.69, 9.17) is 4.74 Å². The molecule has 2 N–H and O–H groups in total. The second-order valence-electron chi connectivity index (χ2n) is 9.74. The Morgan fingerprint density at radius 3 is 2.35 bits per heavy atom. The smallest absolute Gasteiger partial charge is 0.243 e. The molecule has 2 aliphatic carbocycles. The summed E-state index contributed by atoms with van der Waals surface area (Å²) in [5, 5.41) is 7.32. The van der Waals surface area contributed by atoms with Crippen molar-refractivity contribution < 1.29 is 9.53 Å². The van der Waals surface area contributed by atoms with Crippen LogP contribution in [0.5, 0.6) is 0 Å². The van der Waals surface area contributed by atoms with Gasteiger partial charge in [0.1, 0.15) is 6.54 Å². The zero-order valence-electron chi connectivity index (χ0n) is 19.7. The van der Waals surface area contributed by atoms with E-state index in [9.17, 15) is 4.79 Å². The number of halogens is 1. The molecule has 8 heteroatoms. The van der Waals surface area contributed by atoms with Crippen molar-refractivity contribution in [1.29, 1.82) is 0 Å². The van der Waals surface area contributed by atoms with Crippen LogP contribution in [0, 0.1) is 5.41 Å². The molecule has 3 fully saturated rings. The molecule has 31 heavy (non-hydrogen) atoms. The van der Waals surface area contributed by atoms with Crippen molar-refractivity contribution in [3.8, 4) is 0 Å². The van der Waals surface area contributed by atoms with E-state index in [0.717, 1.165) is 45.4 Å². The second-order valence-corrected chi connectivity index (χ2v) is 9.74. The zero-order valence-corrected chi connectivity index (χ0v) is 22.0. The van der Waals surface area contributed by atoms with Crippen LogP contribution in [0.15, 0.2) is 4.99 Å². The van der Waals surface area contributed by atoms with Crippen LogP contribution < -0.4 is 10.6 Å². The number of morpholine rings is 1. The molecular formula is C23H44IN5O2. The van der Waals surface area contributed by atoms with Gasteiger partial charge in [-0.2, -0.15) is 0 Å². The van der Waals surface area contributed by atoms with E-state index in [1.807, 2.05) is 0 Å². The first-order valence-corrected chi connectivity index (χ1v) is 12.1. The number of amides is 1. The molecule has 0 unspecified atom stereocenters.